The average Bonchev–Trinajstić information content (AvgIpc) is 2.98. The van der Waals surface area contributed by atoms with Crippen molar-refractivity contribution in [2.45, 2.75) is 51.0 Å². The van der Waals surface area contributed by atoms with Crippen molar-refractivity contribution in [1.82, 2.24) is 5.32 Å². The van der Waals surface area contributed by atoms with Crippen LogP contribution in [0.3, 0.4) is 0 Å². The van der Waals surface area contributed by atoms with Crippen LogP contribution >= 0.6 is 0 Å². The van der Waals surface area contributed by atoms with Gasteiger partial charge in [0.15, 0.2) is 0 Å². The van der Waals surface area contributed by atoms with Crippen LogP contribution in [0.4, 0.5) is 0 Å². The van der Waals surface area contributed by atoms with Gasteiger partial charge in [0.2, 0.25) is 0 Å². The van der Waals surface area contributed by atoms with Crippen LogP contribution in [0.1, 0.15) is 44.9 Å². The maximum absolute atomic E-state index is 3.51. The van der Waals surface area contributed by atoms with Gasteiger partial charge in [-0.3, -0.25) is 0 Å². The van der Waals surface area contributed by atoms with E-state index in [9.17, 15) is 0 Å². The highest BCUT2D eigenvalue weighted by molar-refractivity contribution is 4.93. The normalized spacial score (nSPS) is 25.5. The fourth-order valence-electron chi connectivity index (χ4n) is 2.11. The van der Waals surface area contributed by atoms with E-state index in [-0.39, 0.29) is 0 Å². The molecule has 0 aromatic heterocycles. The molecule has 74 valence electrons. The van der Waals surface area contributed by atoms with Crippen LogP contribution in [0.5, 0.6) is 0 Å². The third-order valence-corrected chi connectivity index (χ3v) is 3.16. The molecule has 0 amide bonds. The minimum absolute atomic E-state index is 0.857. The van der Waals surface area contributed by atoms with Crippen molar-refractivity contribution in [2.75, 3.05) is 6.54 Å². The van der Waals surface area contributed by atoms with Crippen molar-refractivity contribution in [3.8, 4) is 0 Å². The summed E-state index contributed by atoms with van der Waals surface area (Å²) in [4.78, 5) is 0. The molecule has 0 heterocycles. The summed E-state index contributed by atoms with van der Waals surface area (Å²) in [5.74, 6) is 0.898. The molecule has 0 radical (unpaired) electrons. The molecule has 0 spiro atoms. The molecule has 0 aromatic carbocycles. The first-order valence-corrected chi connectivity index (χ1v) is 5.85. The van der Waals surface area contributed by atoms with Crippen LogP contribution in [-0.2, 0) is 0 Å². The molecule has 0 aromatic rings. The number of nitrogens with one attached hydrogen (secondary N) is 1. The fraction of sp³-hybridized carbons (Fsp3) is 0.833. The molecule has 2 aliphatic carbocycles. The summed E-state index contributed by atoms with van der Waals surface area (Å²) in [7, 11) is 0. The van der Waals surface area contributed by atoms with E-state index in [0.29, 0.717) is 0 Å². The molecule has 0 atom stereocenters. The summed E-state index contributed by atoms with van der Waals surface area (Å²) in [6.07, 6.45) is 14.8. The highest BCUT2D eigenvalue weighted by atomic mass is 14.9. The summed E-state index contributed by atoms with van der Waals surface area (Å²) >= 11 is 0. The van der Waals surface area contributed by atoms with E-state index >= 15 is 0 Å². The Morgan fingerprint density at radius 1 is 1.00 bits per heavy atom. The summed E-state index contributed by atoms with van der Waals surface area (Å²) in [6, 6.07) is 0.857. The molecular formula is C12H21N. The SMILES string of the molecule is C(=CC1CCCCC1)CNC1CC1. The van der Waals surface area contributed by atoms with Crippen LogP contribution in [0.15, 0.2) is 12.2 Å². The lowest BCUT2D eigenvalue weighted by Crippen LogP contribution is -2.15. The van der Waals surface area contributed by atoms with Gasteiger partial charge in [-0.2, -0.15) is 0 Å². The van der Waals surface area contributed by atoms with E-state index in [4.69, 9.17) is 0 Å². The van der Waals surface area contributed by atoms with E-state index < -0.39 is 0 Å². The molecule has 1 heteroatoms. The van der Waals surface area contributed by atoms with Gasteiger partial charge in [-0.15, -0.1) is 0 Å². The van der Waals surface area contributed by atoms with Crippen LogP contribution < -0.4 is 5.32 Å². The summed E-state index contributed by atoms with van der Waals surface area (Å²) in [5.41, 5.74) is 0. The molecule has 1 nitrogen and oxygen atoms in total. The molecule has 2 aliphatic rings. The first kappa shape index (κ1) is 9.26. The molecule has 2 rings (SSSR count). The van der Waals surface area contributed by atoms with E-state index in [0.717, 1.165) is 18.5 Å². The second-order valence-corrected chi connectivity index (χ2v) is 4.51. The highest BCUT2D eigenvalue weighted by Gasteiger charge is 2.19. The van der Waals surface area contributed by atoms with E-state index in [1.807, 2.05) is 0 Å². The lowest BCUT2D eigenvalue weighted by atomic mass is 9.89. The Labute approximate surface area is 81.6 Å². The van der Waals surface area contributed by atoms with Gasteiger partial charge in [-0.1, -0.05) is 31.4 Å². The lowest BCUT2D eigenvalue weighted by molar-refractivity contribution is 0.419. The van der Waals surface area contributed by atoms with Crippen molar-refractivity contribution in [3.05, 3.63) is 12.2 Å². The fourth-order valence-corrected chi connectivity index (χ4v) is 2.11. The van der Waals surface area contributed by atoms with Gasteiger partial charge < -0.3 is 5.32 Å². The van der Waals surface area contributed by atoms with E-state index in [1.54, 1.807) is 0 Å². The molecular weight excluding hydrogens is 158 g/mol. The third-order valence-electron chi connectivity index (χ3n) is 3.16. The zero-order valence-electron chi connectivity index (χ0n) is 8.47. The lowest BCUT2D eigenvalue weighted by Gasteiger charge is -2.17. The molecule has 13 heavy (non-hydrogen) atoms. The zero-order valence-corrected chi connectivity index (χ0v) is 8.47. The quantitative estimate of drug-likeness (QED) is 0.654. The van der Waals surface area contributed by atoms with Gasteiger partial charge in [0.1, 0.15) is 0 Å². The van der Waals surface area contributed by atoms with Gasteiger partial charge in [0.05, 0.1) is 0 Å². The van der Waals surface area contributed by atoms with Gasteiger partial charge >= 0.3 is 0 Å². The zero-order chi connectivity index (χ0) is 8.93. The van der Waals surface area contributed by atoms with Crippen molar-refractivity contribution in [3.63, 3.8) is 0 Å². The number of allylic oxidation sites excluding steroid dienone is 1. The predicted molar refractivity (Wildman–Crippen MR) is 56.7 cm³/mol. The van der Waals surface area contributed by atoms with Crippen molar-refractivity contribution in [1.29, 1.82) is 0 Å². The van der Waals surface area contributed by atoms with Gasteiger partial charge in [-0.05, 0) is 31.6 Å². The van der Waals surface area contributed by atoms with Crippen molar-refractivity contribution < 1.29 is 0 Å². The Morgan fingerprint density at radius 3 is 2.46 bits per heavy atom. The Kier molecular flexibility index (Phi) is 3.42. The largest absolute Gasteiger partial charge is 0.311 e. The van der Waals surface area contributed by atoms with E-state index in [2.05, 4.69) is 17.5 Å². The number of rotatable bonds is 4. The number of hydrogen-bond donors (Lipinski definition) is 1. The maximum atomic E-state index is 3.51. The first-order chi connectivity index (χ1) is 6.45. The maximum Gasteiger partial charge on any atom is 0.0137 e. The molecule has 2 fully saturated rings. The topological polar surface area (TPSA) is 12.0 Å². The Balaban J connectivity index is 1.57. The van der Waals surface area contributed by atoms with Crippen LogP contribution in [0.2, 0.25) is 0 Å². The second kappa shape index (κ2) is 4.80. The third kappa shape index (κ3) is 3.51. The average molecular weight is 179 g/mol. The van der Waals surface area contributed by atoms with Gasteiger partial charge in [0, 0.05) is 12.6 Å². The Hall–Kier alpha value is -0.300. The highest BCUT2D eigenvalue weighted by Crippen LogP contribution is 2.24. The van der Waals surface area contributed by atoms with Gasteiger partial charge in [0.25, 0.3) is 0 Å². The smallest absolute Gasteiger partial charge is 0.0137 e. The molecule has 2 saturated carbocycles. The van der Waals surface area contributed by atoms with Crippen molar-refractivity contribution in [2.24, 2.45) is 5.92 Å². The second-order valence-electron chi connectivity index (χ2n) is 4.51. The molecule has 1 N–H and O–H groups in total. The standard InChI is InChI=1S/C12H21N/c1-2-5-11(6-3-1)7-4-10-13-12-8-9-12/h4,7,11-13H,1-3,5-6,8-10H2. The summed E-state index contributed by atoms with van der Waals surface area (Å²) in [5, 5.41) is 3.51. The first-order valence-electron chi connectivity index (χ1n) is 5.85. The van der Waals surface area contributed by atoms with Gasteiger partial charge in [-0.25, -0.2) is 0 Å². The van der Waals surface area contributed by atoms with E-state index in [1.165, 1.54) is 44.9 Å². The van der Waals surface area contributed by atoms with Crippen LogP contribution in [0, 0.1) is 5.92 Å². The Morgan fingerprint density at radius 2 is 1.77 bits per heavy atom. The number of hydrogen-bond acceptors (Lipinski definition) is 1. The molecule has 0 saturated heterocycles. The minimum Gasteiger partial charge on any atom is -0.311 e. The summed E-state index contributed by atoms with van der Waals surface area (Å²) in [6.45, 7) is 1.10. The van der Waals surface area contributed by atoms with Crippen molar-refractivity contribution >= 4 is 0 Å². The predicted octanol–water partition coefficient (Wildman–Crippen LogP) is 2.87. The molecule has 0 aliphatic heterocycles. The monoisotopic (exact) mass is 179 g/mol. The van der Waals surface area contributed by atoms with Crippen LogP contribution in [0.25, 0.3) is 0 Å². The molecule has 0 unspecified atom stereocenters. The van der Waals surface area contributed by atoms with Crippen LogP contribution in [-0.4, -0.2) is 12.6 Å². The summed E-state index contributed by atoms with van der Waals surface area (Å²) < 4.78 is 0. The minimum atomic E-state index is 0.857. The Bertz CT molecular complexity index is 164. The molecule has 0 bridgehead atoms.